The third-order valence-corrected chi connectivity index (χ3v) is 11.4. The Morgan fingerprint density at radius 1 is 0.818 bits per heavy atom. The monoisotopic (exact) mass is 740 g/mol. The fraction of sp³-hybridized carbons (Fsp3) is 0.356. The molecule has 55 heavy (non-hydrogen) atoms. The number of fused-ring (bicyclic) bond motifs is 1. The molecule has 10 heteroatoms. The molecular weight excluding hydrogens is 693 g/mol. The van der Waals surface area contributed by atoms with Crippen LogP contribution < -0.4 is 15.0 Å². The van der Waals surface area contributed by atoms with Crippen LogP contribution in [0.4, 0.5) is 5.69 Å². The molecule has 3 aliphatic heterocycles. The molecule has 1 aliphatic carbocycles. The summed E-state index contributed by atoms with van der Waals surface area (Å²) < 4.78 is 12.6. The van der Waals surface area contributed by atoms with Gasteiger partial charge in [0.05, 0.1) is 12.7 Å². The SMILES string of the molecule is CCC(=C(c1ccc(O)cc1)c1ccc(OC2CC(OCCN3CCN(c4ccc5c(c4)CN(C4CCC(=O)NC4=O)C5=O)CC3)C2)cc1)c1ccccc1. The molecule has 0 spiro atoms. The molecule has 8 rings (SSSR count). The predicted octanol–water partition coefficient (Wildman–Crippen LogP) is 6.27. The Labute approximate surface area is 322 Å². The van der Waals surface area contributed by atoms with Gasteiger partial charge >= 0.3 is 0 Å². The fourth-order valence-electron chi connectivity index (χ4n) is 8.29. The van der Waals surface area contributed by atoms with Gasteiger partial charge in [-0.2, -0.15) is 0 Å². The van der Waals surface area contributed by atoms with Gasteiger partial charge in [-0.15, -0.1) is 0 Å². The second-order valence-corrected chi connectivity index (χ2v) is 14.9. The summed E-state index contributed by atoms with van der Waals surface area (Å²) in [4.78, 5) is 43.5. The fourth-order valence-corrected chi connectivity index (χ4v) is 8.29. The molecule has 10 nitrogen and oxygen atoms in total. The number of amides is 3. The average Bonchev–Trinajstić information content (AvgIpc) is 3.52. The van der Waals surface area contributed by atoms with Crippen molar-refractivity contribution in [1.29, 1.82) is 0 Å². The highest BCUT2D eigenvalue weighted by atomic mass is 16.5. The van der Waals surface area contributed by atoms with Crippen molar-refractivity contribution >= 4 is 34.6 Å². The minimum absolute atomic E-state index is 0.140. The topological polar surface area (TPSA) is 112 Å². The predicted molar refractivity (Wildman–Crippen MR) is 212 cm³/mol. The third-order valence-electron chi connectivity index (χ3n) is 11.4. The van der Waals surface area contributed by atoms with E-state index >= 15 is 0 Å². The van der Waals surface area contributed by atoms with Crippen LogP contribution in [0, 0.1) is 0 Å². The molecule has 2 N–H and O–H groups in total. The molecule has 1 saturated carbocycles. The van der Waals surface area contributed by atoms with E-state index in [4.69, 9.17) is 9.47 Å². The van der Waals surface area contributed by atoms with Crippen LogP contribution in [-0.4, -0.2) is 90.2 Å². The van der Waals surface area contributed by atoms with Crippen LogP contribution in [0.25, 0.3) is 11.1 Å². The molecule has 4 aromatic carbocycles. The Morgan fingerprint density at radius 2 is 1.53 bits per heavy atom. The van der Waals surface area contributed by atoms with Crippen molar-refractivity contribution in [2.24, 2.45) is 0 Å². The number of phenols is 1. The summed E-state index contributed by atoms with van der Waals surface area (Å²) >= 11 is 0. The van der Waals surface area contributed by atoms with Crippen molar-refractivity contribution < 1.29 is 29.0 Å². The van der Waals surface area contributed by atoms with Gasteiger partial charge in [-0.05, 0) is 88.7 Å². The summed E-state index contributed by atoms with van der Waals surface area (Å²) in [6.45, 7) is 7.79. The van der Waals surface area contributed by atoms with Crippen LogP contribution in [0.3, 0.4) is 0 Å². The number of nitrogens with one attached hydrogen (secondary N) is 1. The second-order valence-electron chi connectivity index (χ2n) is 14.9. The number of hydrogen-bond donors (Lipinski definition) is 2. The Hall–Kier alpha value is -5.45. The third kappa shape index (κ3) is 8.02. The number of carbonyl (C=O) groups is 3. The van der Waals surface area contributed by atoms with Crippen molar-refractivity contribution in [2.75, 3.05) is 44.2 Å². The van der Waals surface area contributed by atoms with Crippen molar-refractivity contribution in [2.45, 2.75) is 63.8 Å². The summed E-state index contributed by atoms with van der Waals surface area (Å²) in [5, 5.41) is 12.3. The molecule has 0 aromatic heterocycles. The Balaban J connectivity index is 0.782. The standard InChI is InChI=1S/C45H48N4O6/c1-2-39(30-6-4-3-5-7-30)43(31-8-13-35(50)14-9-31)32-10-15-36(16-11-32)55-38-27-37(28-38)54-25-24-47-20-22-48(23-21-47)34-12-17-40-33(26-34)29-49(45(40)53)41-18-19-42(51)46-44(41)52/h3-17,26,37-38,41,50H,2,18-25,27-29H2,1H3,(H,46,51,52). The molecule has 3 heterocycles. The van der Waals surface area contributed by atoms with E-state index in [1.807, 2.05) is 30.3 Å². The molecule has 4 aromatic rings. The maximum Gasteiger partial charge on any atom is 0.255 e. The zero-order valence-electron chi connectivity index (χ0n) is 31.3. The first kappa shape index (κ1) is 36.5. The van der Waals surface area contributed by atoms with Crippen LogP contribution >= 0.6 is 0 Å². The smallest absolute Gasteiger partial charge is 0.255 e. The molecule has 3 fully saturated rings. The average molecular weight is 741 g/mol. The molecule has 3 amide bonds. The van der Waals surface area contributed by atoms with E-state index in [9.17, 15) is 19.5 Å². The molecule has 2 saturated heterocycles. The van der Waals surface area contributed by atoms with E-state index in [1.165, 1.54) is 11.1 Å². The highest BCUT2D eigenvalue weighted by Gasteiger charge is 2.39. The summed E-state index contributed by atoms with van der Waals surface area (Å²) in [6.07, 6.45) is 3.59. The lowest BCUT2D eigenvalue weighted by molar-refractivity contribution is -0.136. The van der Waals surface area contributed by atoms with Crippen LogP contribution in [-0.2, 0) is 20.9 Å². The minimum Gasteiger partial charge on any atom is -0.508 e. The number of nitrogens with zero attached hydrogens (tertiary/aromatic N) is 3. The van der Waals surface area contributed by atoms with Gasteiger partial charge < -0.3 is 24.4 Å². The largest absolute Gasteiger partial charge is 0.508 e. The maximum absolute atomic E-state index is 13.1. The minimum atomic E-state index is -0.599. The van der Waals surface area contributed by atoms with Gasteiger partial charge in [-0.3, -0.25) is 24.6 Å². The molecule has 0 radical (unpaired) electrons. The van der Waals surface area contributed by atoms with Crippen LogP contribution in [0.15, 0.2) is 97.1 Å². The molecule has 1 unspecified atom stereocenters. The summed E-state index contributed by atoms with van der Waals surface area (Å²) in [5.74, 6) is 0.306. The lowest BCUT2D eigenvalue weighted by Gasteiger charge is -2.38. The summed E-state index contributed by atoms with van der Waals surface area (Å²) in [7, 11) is 0. The number of imide groups is 1. The van der Waals surface area contributed by atoms with Gasteiger partial charge in [0, 0.05) is 69.8 Å². The zero-order chi connectivity index (χ0) is 37.9. The molecule has 1 atom stereocenters. The van der Waals surface area contributed by atoms with E-state index < -0.39 is 6.04 Å². The van der Waals surface area contributed by atoms with Crippen LogP contribution in [0.5, 0.6) is 11.5 Å². The normalized spacial score (nSPS) is 21.8. The number of piperidine rings is 1. The first-order valence-electron chi connectivity index (χ1n) is 19.5. The number of benzene rings is 4. The summed E-state index contributed by atoms with van der Waals surface area (Å²) in [6, 6.07) is 31.7. The Bertz CT molecular complexity index is 2050. The highest BCUT2D eigenvalue weighted by Crippen LogP contribution is 2.37. The molecular formula is C45H48N4O6. The number of aromatic hydroxyl groups is 1. The van der Waals surface area contributed by atoms with Crippen molar-refractivity contribution in [3.05, 3.63) is 125 Å². The van der Waals surface area contributed by atoms with Crippen molar-refractivity contribution in [3.63, 3.8) is 0 Å². The quantitative estimate of drug-likeness (QED) is 0.129. The molecule has 0 bridgehead atoms. The van der Waals surface area contributed by atoms with Gasteiger partial charge in [-0.1, -0.05) is 61.5 Å². The Morgan fingerprint density at radius 3 is 2.22 bits per heavy atom. The number of carbonyl (C=O) groups excluding carboxylic acids is 3. The molecule has 4 aliphatic rings. The van der Waals surface area contributed by atoms with Crippen molar-refractivity contribution in [1.82, 2.24) is 15.1 Å². The number of ether oxygens (including phenoxy) is 2. The van der Waals surface area contributed by atoms with Gasteiger partial charge in [0.2, 0.25) is 11.8 Å². The lowest BCUT2D eigenvalue weighted by atomic mass is 9.88. The first-order valence-corrected chi connectivity index (χ1v) is 19.5. The van der Waals surface area contributed by atoms with Crippen molar-refractivity contribution in [3.8, 4) is 11.5 Å². The van der Waals surface area contributed by atoms with Gasteiger partial charge in [0.15, 0.2) is 0 Å². The number of piperazine rings is 1. The van der Waals surface area contributed by atoms with Gasteiger partial charge in [-0.25, -0.2) is 0 Å². The van der Waals surface area contributed by atoms with E-state index in [0.717, 1.165) is 85.7 Å². The van der Waals surface area contributed by atoms with Gasteiger partial charge in [0.1, 0.15) is 23.6 Å². The van der Waals surface area contributed by atoms with E-state index in [-0.39, 0.29) is 42.1 Å². The van der Waals surface area contributed by atoms with E-state index in [0.29, 0.717) is 25.1 Å². The second kappa shape index (κ2) is 16.1. The van der Waals surface area contributed by atoms with Crippen LogP contribution in [0.2, 0.25) is 0 Å². The zero-order valence-corrected chi connectivity index (χ0v) is 31.3. The maximum atomic E-state index is 13.1. The number of hydrogen-bond acceptors (Lipinski definition) is 8. The molecule has 284 valence electrons. The number of rotatable bonds is 12. The number of phenolic OH excluding ortho intramolecular Hbond substituents is 1. The Kier molecular flexibility index (Phi) is 10.7. The summed E-state index contributed by atoms with van der Waals surface area (Å²) in [5.41, 5.74) is 8.43. The highest BCUT2D eigenvalue weighted by molar-refractivity contribution is 6.05. The lowest BCUT2D eigenvalue weighted by Crippen LogP contribution is -2.52. The number of allylic oxidation sites excluding steroid dienone is 1. The first-order chi connectivity index (χ1) is 26.8. The van der Waals surface area contributed by atoms with E-state index in [2.05, 4.69) is 76.6 Å². The van der Waals surface area contributed by atoms with Gasteiger partial charge in [0.25, 0.3) is 5.91 Å². The van der Waals surface area contributed by atoms with Crippen LogP contribution in [0.1, 0.15) is 71.6 Å². The van der Waals surface area contributed by atoms with E-state index in [1.54, 1.807) is 17.0 Å². The number of anilines is 1.